The Bertz CT molecular complexity index is 465. The van der Waals surface area contributed by atoms with Gasteiger partial charge in [-0.2, -0.15) is 0 Å². The van der Waals surface area contributed by atoms with Crippen molar-refractivity contribution < 1.29 is 19.4 Å². The van der Waals surface area contributed by atoms with Gasteiger partial charge in [0, 0.05) is 17.9 Å². The molecule has 0 radical (unpaired) electrons. The van der Waals surface area contributed by atoms with Crippen molar-refractivity contribution in [2.75, 3.05) is 19.4 Å². The lowest BCUT2D eigenvalue weighted by atomic mass is 10.2. The molecule has 2 N–H and O–H groups in total. The van der Waals surface area contributed by atoms with E-state index in [2.05, 4.69) is 5.32 Å². The first-order valence-electron chi connectivity index (χ1n) is 6.88. The summed E-state index contributed by atoms with van der Waals surface area (Å²) in [6, 6.07) is 7.58. The number of hydrogen-bond donors (Lipinski definition) is 2. The van der Waals surface area contributed by atoms with Gasteiger partial charge < -0.3 is 15.2 Å². The number of para-hydroxylation sites is 1. The molecule has 0 heterocycles. The van der Waals surface area contributed by atoms with Crippen LogP contribution in [0.5, 0.6) is 5.75 Å². The van der Waals surface area contributed by atoms with Crippen LogP contribution < -0.4 is 10.1 Å². The molecule has 0 aliphatic heterocycles. The topological polar surface area (TPSA) is 75.6 Å². The Morgan fingerprint density at radius 1 is 1.24 bits per heavy atom. The molecule has 0 spiro atoms. The van der Waals surface area contributed by atoms with E-state index >= 15 is 0 Å². The minimum atomic E-state index is -0.771. The maximum atomic E-state index is 11.7. The number of amides is 1. The molecule has 1 rings (SSSR count). The minimum absolute atomic E-state index is 0.0239. The number of unbranched alkanes of at least 4 members (excludes halogenated alkanes) is 2. The van der Waals surface area contributed by atoms with E-state index in [1.807, 2.05) is 24.3 Å². The van der Waals surface area contributed by atoms with Crippen LogP contribution in [0.25, 0.3) is 0 Å². The van der Waals surface area contributed by atoms with Gasteiger partial charge >= 0.3 is 5.97 Å². The van der Waals surface area contributed by atoms with Gasteiger partial charge in [-0.1, -0.05) is 18.6 Å². The summed E-state index contributed by atoms with van der Waals surface area (Å²) in [6.07, 6.45) is 2.46. The molecule has 0 saturated heterocycles. The van der Waals surface area contributed by atoms with Crippen LogP contribution in [0, 0.1) is 0 Å². The first kappa shape index (κ1) is 17.4. The van der Waals surface area contributed by atoms with Crippen LogP contribution in [0.2, 0.25) is 0 Å². The summed E-state index contributed by atoms with van der Waals surface area (Å²) < 4.78 is 5.22. The lowest BCUT2D eigenvalue weighted by molar-refractivity contribution is -0.137. The van der Waals surface area contributed by atoms with Gasteiger partial charge in [0.15, 0.2) is 0 Å². The average molecular weight is 311 g/mol. The molecule has 1 aromatic carbocycles. The van der Waals surface area contributed by atoms with Gasteiger partial charge in [0.2, 0.25) is 5.91 Å². The number of aliphatic carboxylic acids is 1. The SMILES string of the molecule is COc1ccccc1SCC(=O)NCCCCCC(=O)O. The average Bonchev–Trinajstić information content (AvgIpc) is 2.48. The van der Waals surface area contributed by atoms with Crippen LogP contribution in [0.4, 0.5) is 0 Å². The zero-order chi connectivity index (χ0) is 15.5. The fourth-order valence-corrected chi connectivity index (χ4v) is 2.60. The molecule has 6 heteroatoms. The second-order valence-electron chi connectivity index (χ2n) is 4.49. The summed E-state index contributed by atoms with van der Waals surface area (Å²) in [5, 5.41) is 11.3. The number of rotatable bonds is 10. The third kappa shape index (κ3) is 7.60. The molecule has 21 heavy (non-hydrogen) atoms. The lowest BCUT2D eigenvalue weighted by Crippen LogP contribution is -2.26. The van der Waals surface area contributed by atoms with Gasteiger partial charge in [-0.25, -0.2) is 0 Å². The predicted molar refractivity (Wildman–Crippen MR) is 82.8 cm³/mol. The standard InChI is InChI=1S/C15H21NO4S/c1-20-12-7-4-5-8-13(12)21-11-14(17)16-10-6-2-3-9-15(18)19/h4-5,7-8H,2-3,6,9-11H2,1H3,(H,16,17)(H,18,19). The summed E-state index contributed by atoms with van der Waals surface area (Å²) in [6.45, 7) is 0.588. The molecule has 0 unspecified atom stereocenters. The number of carbonyl (C=O) groups excluding carboxylic acids is 1. The van der Waals surface area contributed by atoms with Crippen molar-refractivity contribution in [1.29, 1.82) is 0 Å². The number of methoxy groups -OCH3 is 1. The van der Waals surface area contributed by atoms with Gasteiger partial charge in [-0.05, 0) is 25.0 Å². The Morgan fingerprint density at radius 2 is 2.00 bits per heavy atom. The molecule has 0 aliphatic rings. The first-order valence-corrected chi connectivity index (χ1v) is 7.86. The zero-order valence-corrected chi connectivity index (χ0v) is 12.9. The summed E-state index contributed by atoms with van der Waals surface area (Å²) in [4.78, 5) is 23.0. The van der Waals surface area contributed by atoms with Crippen molar-refractivity contribution in [3.8, 4) is 5.75 Å². The monoisotopic (exact) mass is 311 g/mol. The summed E-state index contributed by atoms with van der Waals surface area (Å²) in [5.74, 6) is 0.315. The van der Waals surface area contributed by atoms with Crippen molar-refractivity contribution in [3.05, 3.63) is 24.3 Å². The van der Waals surface area contributed by atoms with Gasteiger partial charge in [0.1, 0.15) is 5.75 Å². The molecule has 1 amide bonds. The number of carboxylic acids is 1. The van der Waals surface area contributed by atoms with E-state index in [0.717, 1.165) is 23.5 Å². The van der Waals surface area contributed by atoms with E-state index < -0.39 is 5.97 Å². The van der Waals surface area contributed by atoms with E-state index in [9.17, 15) is 9.59 Å². The number of hydrogen-bond acceptors (Lipinski definition) is 4. The number of carbonyl (C=O) groups is 2. The highest BCUT2D eigenvalue weighted by Gasteiger charge is 2.06. The van der Waals surface area contributed by atoms with Crippen molar-refractivity contribution in [2.24, 2.45) is 0 Å². The number of nitrogens with one attached hydrogen (secondary N) is 1. The zero-order valence-electron chi connectivity index (χ0n) is 12.1. The van der Waals surface area contributed by atoms with E-state index in [1.54, 1.807) is 7.11 Å². The van der Waals surface area contributed by atoms with Gasteiger partial charge in [0.25, 0.3) is 0 Å². The number of ether oxygens (including phenoxy) is 1. The number of benzene rings is 1. The second-order valence-corrected chi connectivity index (χ2v) is 5.51. The van der Waals surface area contributed by atoms with E-state index in [0.29, 0.717) is 18.7 Å². The third-order valence-electron chi connectivity index (χ3n) is 2.82. The van der Waals surface area contributed by atoms with E-state index in [1.165, 1.54) is 11.8 Å². The third-order valence-corrected chi connectivity index (χ3v) is 3.87. The molecule has 0 fully saturated rings. The second kappa shape index (κ2) is 10.1. The number of carboxylic acid groups (broad SMARTS) is 1. The van der Waals surface area contributed by atoms with Crippen LogP contribution in [-0.2, 0) is 9.59 Å². The molecule has 0 aliphatic carbocycles. The lowest BCUT2D eigenvalue weighted by Gasteiger charge is -2.08. The van der Waals surface area contributed by atoms with Crippen LogP contribution in [0.3, 0.4) is 0 Å². The van der Waals surface area contributed by atoms with Gasteiger partial charge in [-0.3, -0.25) is 9.59 Å². The fourth-order valence-electron chi connectivity index (χ4n) is 1.74. The molecule has 1 aromatic rings. The minimum Gasteiger partial charge on any atom is -0.496 e. The number of thioether (sulfide) groups is 1. The highest BCUT2D eigenvalue weighted by molar-refractivity contribution is 8.00. The Balaban J connectivity index is 2.15. The van der Waals surface area contributed by atoms with Crippen LogP contribution in [-0.4, -0.2) is 36.4 Å². The normalized spacial score (nSPS) is 10.1. The maximum Gasteiger partial charge on any atom is 0.303 e. The fraction of sp³-hybridized carbons (Fsp3) is 0.467. The van der Waals surface area contributed by atoms with Crippen molar-refractivity contribution in [3.63, 3.8) is 0 Å². The Hall–Kier alpha value is -1.69. The molecule has 0 saturated carbocycles. The van der Waals surface area contributed by atoms with Crippen LogP contribution >= 0.6 is 11.8 Å². The summed E-state index contributed by atoms with van der Waals surface area (Å²) >= 11 is 1.44. The maximum absolute atomic E-state index is 11.7. The van der Waals surface area contributed by atoms with Gasteiger partial charge in [-0.15, -0.1) is 11.8 Å². The van der Waals surface area contributed by atoms with Crippen LogP contribution in [0.15, 0.2) is 29.2 Å². The first-order chi connectivity index (χ1) is 10.1. The molecular weight excluding hydrogens is 290 g/mol. The summed E-state index contributed by atoms with van der Waals surface area (Å²) in [7, 11) is 1.61. The van der Waals surface area contributed by atoms with Crippen molar-refractivity contribution in [2.45, 2.75) is 30.6 Å². The van der Waals surface area contributed by atoms with Crippen LogP contribution in [0.1, 0.15) is 25.7 Å². The molecule has 0 aromatic heterocycles. The quantitative estimate of drug-likeness (QED) is 0.513. The highest BCUT2D eigenvalue weighted by atomic mass is 32.2. The van der Waals surface area contributed by atoms with E-state index in [-0.39, 0.29) is 12.3 Å². The Kier molecular flexibility index (Phi) is 8.35. The molecule has 0 atom stereocenters. The molecular formula is C15H21NO4S. The predicted octanol–water partition coefficient (Wildman–Crippen LogP) is 2.55. The molecule has 5 nitrogen and oxygen atoms in total. The van der Waals surface area contributed by atoms with E-state index in [4.69, 9.17) is 9.84 Å². The molecule has 116 valence electrons. The van der Waals surface area contributed by atoms with Gasteiger partial charge in [0.05, 0.1) is 12.9 Å². The highest BCUT2D eigenvalue weighted by Crippen LogP contribution is 2.28. The molecule has 0 bridgehead atoms. The smallest absolute Gasteiger partial charge is 0.303 e. The van der Waals surface area contributed by atoms with Crippen molar-refractivity contribution >= 4 is 23.6 Å². The Labute approximate surface area is 129 Å². The van der Waals surface area contributed by atoms with Crippen molar-refractivity contribution in [1.82, 2.24) is 5.32 Å². The largest absolute Gasteiger partial charge is 0.496 e. The Morgan fingerprint density at radius 3 is 2.71 bits per heavy atom. The summed E-state index contributed by atoms with van der Waals surface area (Å²) in [5.41, 5.74) is 0.